The highest BCUT2D eigenvalue weighted by atomic mass is 16.7. The highest BCUT2D eigenvalue weighted by Gasteiger charge is 2.60. The van der Waals surface area contributed by atoms with Gasteiger partial charge >= 0.3 is 23.9 Å². The maximum absolute atomic E-state index is 12.8. The zero-order valence-corrected chi connectivity index (χ0v) is 33.2. The molecule has 0 N–H and O–H groups in total. The number of ether oxygens (including phenoxy) is 5. The number of rotatable bonds is 19. The number of Topliss-reactive ketones (excluding diaryl/α,β-unsaturated/α-hetero) is 1. The summed E-state index contributed by atoms with van der Waals surface area (Å²) >= 11 is 0. The van der Waals surface area contributed by atoms with Crippen molar-refractivity contribution in [1.29, 1.82) is 0 Å². The van der Waals surface area contributed by atoms with Crippen molar-refractivity contribution in [3.8, 4) is 0 Å². The predicted octanol–water partition coefficient (Wildman–Crippen LogP) is 8.25. The molecule has 4 rings (SSSR count). The lowest BCUT2D eigenvalue weighted by atomic mass is 9.44. The van der Waals surface area contributed by atoms with E-state index >= 15 is 0 Å². The quantitative estimate of drug-likeness (QED) is 0.0552. The molecule has 0 radical (unpaired) electrons. The first-order valence-electron chi connectivity index (χ1n) is 20.4. The van der Waals surface area contributed by atoms with Gasteiger partial charge in [-0.1, -0.05) is 58.9 Å². The summed E-state index contributed by atoms with van der Waals surface area (Å²) in [6.07, 6.45) is 18.0. The molecule has 0 saturated heterocycles. The van der Waals surface area contributed by atoms with Gasteiger partial charge < -0.3 is 23.7 Å². The van der Waals surface area contributed by atoms with Crippen LogP contribution < -0.4 is 0 Å². The maximum atomic E-state index is 12.8. The van der Waals surface area contributed by atoms with Crippen molar-refractivity contribution in [2.75, 3.05) is 20.0 Å². The van der Waals surface area contributed by atoms with Crippen LogP contribution >= 0.6 is 0 Å². The van der Waals surface area contributed by atoms with E-state index in [1.54, 1.807) is 26.0 Å². The number of hydrogen-bond acceptors (Lipinski definition) is 10. The molecule has 0 aromatic carbocycles. The van der Waals surface area contributed by atoms with E-state index in [9.17, 15) is 24.0 Å². The van der Waals surface area contributed by atoms with E-state index in [1.807, 2.05) is 26.0 Å². The zero-order chi connectivity index (χ0) is 38.6. The Balaban J connectivity index is 1.18. The molecular formula is C43H66O10. The predicted molar refractivity (Wildman–Crippen MR) is 200 cm³/mol. The van der Waals surface area contributed by atoms with Gasteiger partial charge in [-0.15, -0.1) is 0 Å². The lowest BCUT2D eigenvalue weighted by Crippen LogP contribution is -2.54. The summed E-state index contributed by atoms with van der Waals surface area (Å²) in [5.41, 5.74) is 0.462. The van der Waals surface area contributed by atoms with Crippen molar-refractivity contribution in [3.63, 3.8) is 0 Å². The topological polar surface area (TPSA) is 132 Å². The minimum Gasteiger partial charge on any atom is -0.461 e. The average molecular weight is 743 g/mol. The highest BCUT2D eigenvalue weighted by molar-refractivity contribution is 5.79. The SMILES string of the molecule is CC/C=C\CC(=O)OCC(COC(=O)C/C=C\CC)OC(=O)CC(C)CC(=O)OCO[C@@H]1CC[C@@]2(C)[C@@H](CC[C@@H]3[C@@H]2CC[C@]2(C)[C@@H](C(C)=O)CC[C@@H]32)C1. The van der Waals surface area contributed by atoms with Crippen LogP contribution in [0, 0.1) is 46.3 Å². The third-order valence-corrected chi connectivity index (χ3v) is 13.2. The van der Waals surface area contributed by atoms with E-state index in [4.69, 9.17) is 23.7 Å². The summed E-state index contributed by atoms with van der Waals surface area (Å²) in [5.74, 6) is 0.922. The van der Waals surface area contributed by atoms with Crippen molar-refractivity contribution >= 4 is 29.7 Å². The molecule has 0 aromatic heterocycles. The fraction of sp³-hybridized carbons (Fsp3) is 0.791. The van der Waals surface area contributed by atoms with Crippen molar-refractivity contribution in [2.24, 2.45) is 46.3 Å². The van der Waals surface area contributed by atoms with Gasteiger partial charge in [0.2, 0.25) is 0 Å². The largest absolute Gasteiger partial charge is 0.461 e. The van der Waals surface area contributed by atoms with Crippen LogP contribution in [-0.2, 0) is 47.7 Å². The van der Waals surface area contributed by atoms with Crippen LogP contribution in [0.3, 0.4) is 0 Å². The molecule has 0 aromatic rings. The molecule has 4 aliphatic rings. The molecule has 0 amide bonds. The van der Waals surface area contributed by atoms with Crippen molar-refractivity contribution < 1.29 is 47.7 Å². The Hall–Kier alpha value is -3.01. The Morgan fingerprint density at radius 3 is 1.92 bits per heavy atom. The normalized spacial score (nSPS) is 31.4. The third-order valence-electron chi connectivity index (χ3n) is 13.2. The standard InChI is InChI=1S/C43H66O10/c1-7-9-11-13-38(45)49-26-33(27-50-39(46)14-12-10-8-2)53-41(48)24-29(3)23-40(47)52-28-51-32-19-21-42(5)31(25-32)15-16-34-36-18-17-35(30(4)44)43(36,6)22-20-37(34)42/h9-12,29,31-37H,7-8,13-28H2,1-6H3/b11-9-,12-10-/t29?,31-,32+,34-,35+,36-,37-,42-,43+/m0/s1. The molecule has 53 heavy (non-hydrogen) atoms. The second kappa shape index (κ2) is 20.1. The second-order valence-corrected chi connectivity index (χ2v) is 16.8. The van der Waals surface area contributed by atoms with E-state index < -0.39 is 30.0 Å². The molecule has 4 saturated carbocycles. The zero-order valence-electron chi connectivity index (χ0n) is 33.2. The Kier molecular flexibility index (Phi) is 16.2. The molecule has 298 valence electrons. The molecular weight excluding hydrogens is 676 g/mol. The Labute approximate surface area is 317 Å². The number of carbonyl (C=O) groups is 5. The van der Waals surface area contributed by atoms with Gasteiger partial charge in [0.25, 0.3) is 0 Å². The second-order valence-electron chi connectivity index (χ2n) is 16.8. The molecule has 0 bridgehead atoms. The third kappa shape index (κ3) is 11.5. The number of fused-ring (bicyclic) bond motifs is 5. The first kappa shape index (κ1) is 42.7. The molecule has 4 fully saturated rings. The van der Waals surface area contributed by atoms with E-state index in [0.29, 0.717) is 34.9 Å². The van der Waals surface area contributed by atoms with Crippen molar-refractivity contribution in [2.45, 2.75) is 150 Å². The molecule has 10 heteroatoms. The number of carbonyl (C=O) groups excluding carboxylic acids is 5. The van der Waals surface area contributed by atoms with Gasteiger partial charge in [0, 0.05) is 18.8 Å². The van der Waals surface area contributed by atoms with Gasteiger partial charge in [-0.3, -0.25) is 24.0 Å². The number of hydrogen-bond donors (Lipinski definition) is 0. The maximum Gasteiger partial charge on any atom is 0.309 e. The van der Waals surface area contributed by atoms with E-state index in [0.717, 1.165) is 44.9 Å². The van der Waals surface area contributed by atoms with Gasteiger partial charge in [0.1, 0.15) is 19.0 Å². The summed E-state index contributed by atoms with van der Waals surface area (Å²) in [6, 6.07) is 0. The first-order valence-corrected chi connectivity index (χ1v) is 20.4. The first-order chi connectivity index (χ1) is 25.3. The minimum absolute atomic E-state index is 0.0135. The van der Waals surface area contributed by atoms with Crippen LogP contribution in [-0.4, -0.2) is 61.9 Å². The molecule has 9 atom stereocenters. The summed E-state index contributed by atoms with van der Waals surface area (Å²) < 4.78 is 27.6. The molecule has 10 nitrogen and oxygen atoms in total. The molecule has 0 spiro atoms. The Morgan fingerprint density at radius 1 is 0.698 bits per heavy atom. The minimum atomic E-state index is -0.972. The lowest BCUT2D eigenvalue weighted by molar-refractivity contribution is -0.175. The Bertz CT molecular complexity index is 1290. The van der Waals surface area contributed by atoms with Crippen LogP contribution in [0.4, 0.5) is 0 Å². The van der Waals surface area contributed by atoms with Crippen molar-refractivity contribution in [3.05, 3.63) is 24.3 Å². The van der Waals surface area contributed by atoms with Gasteiger partial charge in [-0.2, -0.15) is 0 Å². The van der Waals surface area contributed by atoms with Gasteiger partial charge in [-0.25, -0.2) is 0 Å². The molecule has 4 aliphatic carbocycles. The van der Waals surface area contributed by atoms with E-state index in [1.165, 1.54) is 25.7 Å². The number of allylic oxidation sites excluding steroid dienone is 2. The lowest BCUT2D eigenvalue weighted by Gasteiger charge is -2.61. The number of esters is 4. The van der Waals surface area contributed by atoms with Gasteiger partial charge in [0.05, 0.1) is 18.9 Å². The van der Waals surface area contributed by atoms with Gasteiger partial charge in [-0.05, 0) is 118 Å². The van der Waals surface area contributed by atoms with Crippen LogP contribution in [0.2, 0.25) is 0 Å². The van der Waals surface area contributed by atoms with Crippen LogP contribution in [0.1, 0.15) is 138 Å². The fourth-order valence-corrected chi connectivity index (χ4v) is 10.5. The Morgan fingerprint density at radius 2 is 1.30 bits per heavy atom. The van der Waals surface area contributed by atoms with Crippen molar-refractivity contribution in [1.82, 2.24) is 0 Å². The summed E-state index contributed by atoms with van der Waals surface area (Å²) in [4.78, 5) is 62.2. The molecule has 0 aliphatic heterocycles. The van der Waals surface area contributed by atoms with Gasteiger partial charge in [0.15, 0.2) is 12.9 Å². The molecule has 0 heterocycles. The molecule has 1 unspecified atom stereocenters. The van der Waals surface area contributed by atoms with Crippen LogP contribution in [0.5, 0.6) is 0 Å². The highest BCUT2D eigenvalue weighted by Crippen LogP contribution is 2.67. The summed E-state index contributed by atoms with van der Waals surface area (Å²) in [5, 5.41) is 0. The average Bonchev–Trinajstić information content (AvgIpc) is 3.47. The fourth-order valence-electron chi connectivity index (χ4n) is 10.5. The van der Waals surface area contributed by atoms with E-state index in [2.05, 4.69) is 13.8 Å². The summed E-state index contributed by atoms with van der Waals surface area (Å²) in [6.45, 7) is 11.8. The van der Waals surface area contributed by atoms with Crippen LogP contribution in [0.15, 0.2) is 24.3 Å². The summed E-state index contributed by atoms with van der Waals surface area (Å²) in [7, 11) is 0. The van der Waals surface area contributed by atoms with Crippen LogP contribution in [0.25, 0.3) is 0 Å². The van der Waals surface area contributed by atoms with E-state index in [-0.39, 0.29) is 69.0 Å². The smallest absolute Gasteiger partial charge is 0.309 e. The number of ketones is 1. The monoisotopic (exact) mass is 742 g/mol.